The third-order valence-electron chi connectivity index (χ3n) is 4.55. The number of hydrogen-bond donors (Lipinski definition) is 0. The number of nitriles is 2. The maximum atomic E-state index is 12.8. The largest absolute Gasteiger partial charge is 0.293 e. The number of hydrogen-bond acceptors (Lipinski definition) is 4. The summed E-state index contributed by atoms with van der Waals surface area (Å²) in [5, 5.41) is 18.7. The van der Waals surface area contributed by atoms with Gasteiger partial charge in [0, 0.05) is 11.1 Å². The third-order valence-corrected chi connectivity index (χ3v) is 4.55. The van der Waals surface area contributed by atoms with E-state index in [0.29, 0.717) is 22.3 Å². The van der Waals surface area contributed by atoms with Crippen LogP contribution in [0.5, 0.6) is 0 Å². The molecule has 0 fully saturated rings. The molecule has 0 aromatic heterocycles. The van der Waals surface area contributed by atoms with E-state index < -0.39 is 11.8 Å². The topological polar surface area (TPSA) is 81.7 Å². The Morgan fingerprint density at radius 1 is 0.818 bits per heavy atom. The highest BCUT2D eigenvalue weighted by molar-refractivity contribution is 6.18. The predicted molar refractivity (Wildman–Crippen MR) is 78.7 cm³/mol. The number of carbonyl (C=O) groups excluding carboxylic acids is 2. The average Bonchev–Trinajstić information content (AvgIpc) is 2.53. The molecule has 2 aliphatic rings. The lowest BCUT2D eigenvalue weighted by Gasteiger charge is -2.35. The number of rotatable bonds is 0. The first-order valence-corrected chi connectivity index (χ1v) is 6.92. The lowest BCUT2D eigenvalue weighted by molar-refractivity contribution is 0.0784. The number of fused-ring (bicyclic) bond motifs is 2. The van der Waals surface area contributed by atoms with E-state index in [1.165, 1.54) is 0 Å². The number of carbonyl (C=O) groups is 2. The standard InChI is InChI=1S/C18H12N2O2/c1-9-13(7-19)14(8-20)10(2)16-15(9)17(21)11-5-3-4-6-12(11)18(16)22/h3-6,15-16H,1-2H3. The molecule has 2 aliphatic carbocycles. The van der Waals surface area contributed by atoms with Gasteiger partial charge in [-0.25, -0.2) is 0 Å². The predicted octanol–water partition coefficient (Wildman–Crippen LogP) is 2.99. The molecule has 2 unspecified atom stereocenters. The van der Waals surface area contributed by atoms with Crippen molar-refractivity contribution in [2.75, 3.05) is 0 Å². The summed E-state index contributed by atoms with van der Waals surface area (Å²) in [6, 6.07) is 10.8. The van der Waals surface area contributed by atoms with E-state index in [0.717, 1.165) is 0 Å². The quantitative estimate of drug-likeness (QED) is 0.734. The van der Waals surface area contributed by atoms with Gasteiger partial charge >= 0.3 is 0 Å². The van der Waals surface area contributed by atoms with Crippen LogP contribution < -0.4 is 0 Å². The van der Waals surface area contributed by atoms with E-state index in [-0.39, 0.29) is 22.7 Å². The van der Waals surface area contributed by atoms with Gasteiger partial charge in [-0.1, -0.05) is 24.3 Å². The van der Waals surface area contributed by atoms with Crippen LogP contribution in [0, 0.1) is 34.5 Å². The minimum absolute atomic E-state index is 0.151. The van der Waals surface area contributed by atoms with Gasteiger partial charge in [-0.2, -0.15) is 10.5 Å². The molecule has 3 rings (SSSR count). The van der Waals surface area contributed by atoms with Crippen LogP contribution in [-0.4, -0.2) is 11.6 Å². The highest BCUT2D eigenvalue weighted by Gasteiger charge is 2.46. The van der Waals surface area contributed by atoms with Crippen molar-refractivity contribution < 1.29 is 9.59 Å². The molecule has 4 nitrogen and oxygen atoms in total. The van der Waals surface area contributed by atoms with Crippen molar-refractivity contribution in [3.63, 3.8) is 0 Å². The summed E-state index contributed by atoms with van der Waals surface area (Å²) in [6.07, 6.45) is 0. The highest BCUT2D eigenvalue weighted by Crippen LogP contribution is 2.44. The van der Waals surface area contributed by atoms with Gasteiger partial charge in [-0.05, 0) is 25.0 Å². The van der Waals surface area contributed by atoms with E-state index in [1.807, 2.05) is 12.1 Å². The van der Waals surface area contributed by atoms with Crippen LogP contribution in [0.15, 0.2) is 46.6 Å². The molecule has 0 spiro atoms. The Labute approximate surface area is 128 Å². The summed E-state index contributed by atoms with van der Waals surface area (Å²) in [6.45, 7) is 3.33. The van der Waals surface area contributed by atoms with Crippen LogP contribution in [0.1, 0.15) is 34.6 Å². The van der Waals surface area contributed by atoms with E-state index >= 15 is 0 Å². The Hall–Kier alpha value is -2.98. The molecule has 1 aromatic rings. The van der Waals surface area contributed by atoms with Crippen molar-refractivity contribution in [2.45, 2.75) is 13.8 Å². The first-order valence-electron chi connectivity index (χ1n) is 6.92. The molecule has 0 heterocycles. The van der Waals surface area contributed by atoms with E-state index in [1.54, 1.807) is 38.1 Å². The first-order chi connectivity index (χ1) is 10.5. The molecule has 0 radical (unpaired) electrons. The van der Waals surface area contributed by atoms with E-state index in [2.05, 4.69) is 0 Å². The summed E-state index contributed by atoms with van der Waals surface area (Å²) >= 11 is 0. The second-order valence-electron chi connectivity index (χ2n) is 5.57. The van der Waals surface area contributed by atoms with Crippen molar-refractivity contribution in [3.8, 4) is 12.1 Å². The summed E-state index contributed by atoms with van der Waals surface area (Å²) in [5.41, 5.74) is 2.28. The smallest absolute Gasteiger partial charge is 0.171 e. The monoisotopic (exact) mass is 288 g/mol. The van der Waals surface area contributed by atoms with Crippen LogP contribution in [0.3, 0.4) is 0 Å². The Morgan fingerprint density at radius 3 is 1.50 bits per heavy atom. The van der Waals surface area contributed by atoms with Crippen molar-refractivity contribution >= 4 is 11.6 Å². The Balaban J connectivity index is 2.33. The zero-order valence-corrected chi connectivity index (χ0v) is 12.2. The molecule has 0 aliphatic heterocycles. The highest BCUT2D eigenvalue weighted by atomic mass is 16.1. The molecule has 0 N–H and O–H groups in total. The van der Waals surface area contributed by atoms with Gasteiger partial charge < -0.3 is 0 Å². The fourth-order valence-corrected chi connectivity index (χ4v) is 3.44. The zero-order valence-electron chi connectivity index (χ0n) is 12.2. The summed E-state index contributed by atoms with van der Waals surface area (Å²) < 4.78 is 0. The van der Waals surface area contributed by atoms with Crippen LogP contribution in [-0.2, 0) is 0 Å². The molecule has 0 amide bonds. The molecule has 4 heteroatoms. The number of nitrogens with zero attached hydrogens (tertiary/aromatic N) is 2. The Kier molecular flexibility index (Phi) is 3.04. The number of allylic oxidation sites excluding steroid dienone is 4. The molecule has 22 heavy (non-hydrogen) atoms. The van der Waals surface area contributed by atoms with Crippen LogP contribution >= 0.6 is 0 Å². The summed E-state index contributed by atoms with van der Waals surface area (Å²) in [5.74, 6) is -1.65. The second-order valence-corrected chi connectivity index (χ2v) is 5.57. The number of ketones is 2. The summed E-state index contributed by atoms with van der Waals surface area (Å²) in [4.78, 5) is 25.6. The fourth-order valence-electron chi connectivity index (χ4n) is 3.44. The van der Waals surface area contributed by atoms with Gasteiger partial charge in [0.05, 0.1) is 23.0 Å². The molecule has 1 aromatic carbocycles. The third kappa shape index (κ3) is 1.61. The molecular formula is C18H12N2O2. The lowest BCUT2D eigenvalue weighted by atomic mass is 9.64. The zero-order chi connectivity index (χ0) is 16.0. The minimum Gasteiger partial charge on any atom is -0.293 e. The van der Waals surface area contributed by atoms with Gasteiger partial charge in [-0.15, -0.1) is 0 Å². The molecule has 0 saturated heterocycles. The second kappa shape index (κ2) is 4.79. The maximum Gasteiger partial charge on any atom is 0.171 e. The lowest BCUT2D eigenvalue weighted by Crippen LogP contribution is -2.40. The van der Waals surface area contributed by atoms with Crippen molar-refractivity contribution in [2.24, 2.45) is 11.8 Å². The van der Waals surface area contributed by atoms with E-state index in [9.17, 15) is 20.1 Å². The van der Waals surface area contributed by atoms with Gasteiger partial charge in [-0.3, -0.25) is 9.59 Å². The number of benzene rings is 1. The van der Waals surface area contributed by atoms with Crippen molar-refractivity contribution in [1.82, 2.24) is 0 Å². The SMILES string of the molecule is CC1=C(C#N)C(C#N)=C(C)C2C(=O)c3ccccc3C(=O)C12. The normalized spacial score (nSPS) is 23.6. The molecular weight excluding hydrogens is 276 g/mol. The molecule has 0 bridgehead atoms. The van der Waals surface area contributed by atoms with Crippen LogP contribution in [0.4, 0.5) is 0 Å². The van der Waals surface area contributed by atoms with E-state index in [4.69, 9.17) is 0 Å². The summed E-state index contributed by atoms with van der Waals surface area (Å²) in [7, 11) is 0. The van der Waals surface area contributed by atoms with Gasteiger partial charge in [0.25, 0.3) is 0 Å². The van der Waals surface area contributed by atoms with Crippen LogP contribution in [0.25, 0.3) is 0 Å². The molecule has 106 valence electrons. The maximum absolute atomic E-state index is 12.8. The molecule has 2 atom stereocenters. The molecule has 0 saturated carbocycles. The average molecular weight is 288 g/mol. The number of Topliss-reactive ketones (excluding diaryl/α,β-unsaturated/α-hetero) is 2. The van der Waals surface area contributed by atoms with Crippen molar-refractivity contribution in [1.29, 1.82) is 10.5 Å². The Morgan fingerprint density at radius 2 is 1.18 bits per heavy atom. The Bertz CT molecular complexity index is 802. The van der Waals surface area contributed by atoms with Crippen LogP contribution in [0.2, 0.25) is 0 Å². The van der Waals surface area contributed by atoms with Crippen molar-refractivity contribution in [3.05, 3.63) is 57.7 Å². The van der Waals surface area contributed by atoms with Gasteiger partial charge in [0.1, 0.15) is 12.1 Å². The fraction of sp³-hybridized carbons (Fsp3) is 0.222. The van der Waals surface area contributed by atoms with Gasteiger partial charge in [0.15, 0.2) is 11.6 Å². The minimum atomic E-state index is -0.672. The first kappa shape index (κ1) is 14.0. The van der Waals surface area contributed by atoms with Gasteiger partial charge in [0.2, 0.25) is 0 Å².